The van der Waals surface area contributed by atoms with Gasteiger partial charge in [0.1, 0.15) is 6.33 Å². The molecule has 0 unspecified atom stereocenters. The number of rotatable bonds is 2. The molecule has 0 spiro atoms. The van der Waals surface area contributed by atoms with Crippen LogP contribution < -0.4 is 16.6 Å². The molecule has 4 N–H and O–H groups in total. The molecule has 2 heterocycles. The third-order valence-electron chi connectivity index (χ3n) is 3.82. The Labute approximate surface area is 147 Å². The Morgan fingerprint density at radius 2 is 1.92 bits per heavy atom. The Hall–Kier alpha value is -2.80. The van der Waals surface area contributed by atoms with Gasteiger partial charge in [-0.15, -0.1) is 0 Å². The summed E-state index contributed by atoms with van der Waals surface area (Å²) in [5, 5.41) is 1.56. The Balaban J connectivity index is 0.00000109. The maximum absolute atomic E-state index is 12.2. The van der Waals surface area contributed by atoms with Gasteiger partial charge in [0.25, 0.3) is 0 Å². The Morgan fingerprint density at radius 3 is 2.52 bits per heavy atom. The molecule has 134 valence electrons. The lowest BCUT2D eigenvalue weighted by Gasteiger charge is -2.22. The van der Waals surface area contributed by atoms with Gasteiger partial charge in [0.05, 0.1) is 29.4 Å². The fourth-order valence-corrected chi connectivity index (χ4v) is 2.71. The van der Waals surface area contributed by atoms with Crippen molar-refractivity contribution >= 4 is 11.7 Å². The van der Waals surface area contributed by atoms with E-state index >= 15 is 0 Å². The number of hydrogen-bond acceptors (Lipinski definition) is 6. The summed E-state index contributed by atoms with van der Waals surface area (Å²) in [5.74, 6) is 5.81. The van der Waals surface area contributed by atoms with E-state index in [0.717, 1.165) is 17.1 Å². The number of esters is 1. The van der Waals surface area contributed by atoms with Gasteiger partial charge >= 0.3 is 5.97 Å². The molecule has 0 amide bonds. The minimum absolute atomic E-state index is 0.288. The Kier molecular flexibility index (Phi) is 5.82. The molecule has 1 aliphatic heterocycles. The fourth-order valence-electron chi connectivity index (χ4n) is 2.71. The molecule has 0 bridgehead atoms. The average molecular weight is 343 g/mol. The summed E-state index contributed by atoms with van der Waals surface area (Å²) in [4.78, 5) is 16.4. The highest BCUT2D eigenvalue weighted by atomic mass is 16.5. The predicted molar refractivity (Wildman–Crippen MR) is 98.1 cm³/mol. The van der Waals surface area contributed by atoms with Gasteiger partial charge in [0.2, 0.25) is 0 Å². The molecule has 25 heavy (non-hydrogen) atoms. The summed E-state index contributed by atoms with van der Waals surface area (Å²) in [6.45, 7) is 7.84. The number of allylic oxidation sites excluding steroid dienone is 2. The smallest absolute Gasteiger partial charge is 0.358 e. The van der Waals surface area contributed by atoms with Crippen LogP contribution in [0.25, 0.3) is 5.69 Å². The second-order valence-electron chi connectivity index (χ2n) is 5.30. The van der Waals surface area contributed by atoms with Gasteiger partial charge in [-0.3, -0.25) is 9.58 Å². The van der Waals surface area contributed by atoms with E-state index in [1.165, 1.54) is 0 Å². The third kappa shape index (κ3) is 3.36. The number of nitrogens with two attached hydrogens (primary N) is 2. The molecule has 1 aromatic carbocycles. The number of hydrogen-bond donors (Lipinski definition) is 2. The number of fused-ring (bicyclic) bond motifs is 3. The van der Waals surface area contributed by atoms with Crippen LogP contribution in [0.1, 0.15) is 43.9 Å². The van der Waals surface area contributed by atoms with Crippen LogP contribution in [-0.2, 0) is 11.2 Å². The van der Waals surface area contributed by atoms with Crippen LogP contribution in [0, 0.1) is 0 Å². The van der Waals surface area contributed by atoms with Gasteiger partial charge in [-0.2, -0.15) is 0 Å². The van der Waals surface area contributed by atoms with E-state index in [1.54, 1.807) is 25.2 Å². The second-order valence-corrected chi connectivity index (χ2v) is 5.30. The van der Waals surface area contributed by atoms with E-state index in [4.69, 9.17) is 16.3 Å². The van der Waals surface area contributed by atoms with Crippen molar-refractivity contribution in [3.63, 3.8) is 0 Å². The number of imidazole rings is 1. The first-order valence-electron chi connectivity index (χ1n) is 8.37. The van der Waals surface area contributed by atoms with Crippen LogP contribution in [-0.4, -0.2) is 22.1 Å². The molecule has 7 nitrogen and oxygen atoms in total. The standard InChI is InChI=1S/C16H19N5O2.C2H6/c1-3-23-16(22)15-14-8-13(10(2)17)21(18)12-7-5-4-6-11(12)20(14)9-19-15;1-2/h4-7,9H,3,8,17-18H2,1-2H3;1-2H3/b13-10-;. The molecule has 2 aromatic rings. The van der Waals surface area contributed by atoms with Crippen molar-refractivity contribution < 1.29 is 9.53 Å². The van der Waals surface area contributed by atoms with Crippen LogP contribution in [0.3, 0.4) is 0 Å². The van der Waals surface area contributed by atoms with Crippen LogP contribution >= 0.6 is 0 Å². The van der Waals surface area contributed by atoms with E-state index in [9.17, 15) is 4.79 Å². The van der Waals surface area contributed by atoms with Crippen molar-refractivity contribution in [3.05, 3.63) is 53.4 Å². The molecule has 0 saturated carbocycles. The van der Waals surface area contributed by atoms with Gasteiger partial charge in [-0.25, -0.2) is 15.6 Å². The molecule has 3 rings (SSSR count). The highest BCUT2D eigenvalue weighted by Crippen LogP contribution is 2.33. The number of carbonyl (C=O) groups is 1. The number of aromatic nitrogens is 2. The summed E-state index contributed by atoms with van der Waals surface area (Å²) < 4.78 is 6.96. The lowest BCUT2D eigenvalue weighted by molar-refractivity contribution is 0.0519. The zero-order valence-corrected chi connectivity index (χ0v) is 15.1. The third-order valence-corrected chi connectivity index (χ3v) is 3.82. The molecule has 1 aromatic heterocycles. The summed E-state index contributed by atoms with van der Waals surface area (Å²) in [7, 11) is 0. The monoisotopic (exact) mass is 343 g/mol. The maximum Gasteiger partial charge on any atom is 0.358 e. The first kappa shape index (κ1) is 18.5. The van der Waals surface area contributed by atoms with E-state index in [0.29, 0.717) is 24.4 Å². The molecule has 7 heteroatoms. The topological polar surface area (TPSA) is 99.4 Å². The summed E-state index contributed by atoms with van der Waals surface area (Å²) in [6, 6.07) is 7.63. The number of ether oxygens (including phenoxy) is 1. The predicted octanol–water partition coefficient (Wildman–Crippen LogP) is 2.50. The summed E-state index contributed by atoms with van der Waals surface area (Å²) in [5.41, 5.74) is 9.95. The zero-order valence-electron chi connectivity index (χ0n) is 15.1. The van der Waals surface area contributed by atoms with Gasteiger partial charge < -0.3 is 10.5 Å². The molecule has 0 aliphatic carbocycles. The molecule has 1 aliphatic rings. The maximum atomic E-state index is 12.2. The first-order valence-corrected chi connectivity index (χ1v) is 8.37. The highest BCUT2D eigenvalue weighted by Gasteiger charge is 2.28. The summed E-state index contributed by atoms with van der Waals surface area (Å²) in [6.07, 6.45) is 2.00. The van der Waals surface area contributed by atoms with Gasteiger partial charge in [-0.1, -0.05) is 26.0 Å². The van der Waals surface area contributed by atoms with Crippen LogP contribution in [0.2, 0.25) is 0 Å². The van der Waals surface area contributed by atoms with E-state index in [1.807, 2.05) is 42.7 Å². The van der Waals surface area contributed by atoms with Crippen molar-refractivity contribution in [2.45, 2.75) is 34.1 Å². The number of hydrazine groups is 1. The molecular weight excluding hydrogens is 318 g/mol. The van der Waals surface area contributed by atoms with Crippen molar-refractivity contribution in [1.82, 2.24) is 9.55 Å². The number of benzene rings is 1. The van der Waals surface area contributed by atoms with E-state index < -0.39 is 5.97 Å². The molecule has 0 radical (unpaired) electrons. The number of nitrogens with zero attached hydrogens (tertiary/aromatic N) is 3. The molecule has 0 saturated heterocycles. The number of para-hydroxylation sites is 2. The number of carbonyl (C=O) groups excluding carboxylic acids is 1. The minimum atomic E-state index is -0.446. The Bertz CT molecular complexity index is 791. The SMILES string of the molecule is CC.CCOC(=O)c1ncn2c1C/C(=C(\C)N)N(N)c1ccccc1-2. The molecular formula is C18H25N5O2. The minimum Gasteiger partial charge on any atom is -0.461 e. The fraction of sp³-hybridized carbons (Fsp3) is 0.333. The normalized spacial score (nSPS) is 14.5. The quantitative estimate of drug-likeness (QED) is 0.642. The van der Waals surface area contributed by atoms with Crippen molar-refractivity contribution in [1.29, 1.82) is 0 Å². The van der Waals surface area contributed by atoms with Gasteiger partial charge in [0, 0.05) is 12.1 Å². The van der Waals surface area contributed by atoms with Crippen LogP contribution in [0.4, 0.5) is 5.69 Å². The lowest BCUT2D eigenvalue weighted by atomic mass is 10.1. The van der Waals surface area contributed by atoms with Crippen molar-refractivity contribution in [2.75, 3.05) is 11.6 Å². The Morgan fingerprint density at radius 1 is 1.28 bits per heavy atom. The van der Waals surface area contributed by atoms with Gasteiger partial charge in [0.15, 0.2) is 5.69 Å². The van der Waals surface area contributed by atoms with Crippen molar-refractivity contribution in [3.8, 4) is 5.69 Å². The molecule has 0 fully saturated rings. The summed E-state index contributed by atoms with van der Waals surface area (Å²) >= 11 is 0. The number of anilines is 1. The average Bonchev–Trinajstić information content (AvgIpc) is 2.99. The largest absolute Gasteiger partial charge is 0.461 e. The van der Waals surface area contributed by atoms with Gasteiger partial charge in [-0.05, 0) is 26.0 Å². The van der Waals surface area contributed by atoms with Crippen LogP contribution in [0.15, 0.2) is 42.0 Å². The zero-order chi connectivity index (χ0) is 18.6. The van der Waals surface area contributed by atoms with Crippen LogP contribution in [0.5, 0.6) is 0 Å². The van der Waals surface area contributed by atoms with E-state index in [2.05, 4.69) is 4.98 Å². The second kappa shape index (κ2) is 7.85. The lowest BCUT2D eigenvalue weighted by Crippen LogP contribution is -2.32. The molecule has 0 atom stereocenters. The van der Waals surface area contributed by atoms with E-state index in [-0.39, 0.29) is 5.69 Å². The van der Waals surface area contributed by atoms with Crippen molar-refractivity contribution in [2.24, 2.45) is 11.6 Å². The highest BCUT2D eigenvalue weighted by molar-refractivity contribution is 5.89. The first-order chi connectivity index (χ1) is 12.0.